The first-order valence-electron chi connectivity index (χ1n) is 11.0. The van der Waals surface area contributed by atoms with Gasteiger partial charge in [-0.1, -0.05) is 60.7 Å². The number of rotatable bonds is 9. The Morgan fingerprint density at radius 3 is 2.32 bits per heavy atom. The molecule has 0 spiro atoms. The lowest BCUT2D eigenvalue weighted by atomic mass is 10.1. The van der Waals surface area contributed by atoms with E-state index in [1.807, 2.05) is 48.5 Å². The van der Waals surface area contributed by atoms with Crippen molar-refractivity contribution < 1.29 is 4.55 Å². The van der Waals surface area contributed by atoms with Crippen molar-refractivity contribution >= 4 is 16.9 Å². The van der Waals surface area contributed by atoms with Gasteiger partial charge in [0.15, 0.2) is 0 Å². The molecular formula is C25H30N4OS. The SMILES string of the molecule is CC1=NN(CCCCC[S+]([O-])c2nc(-c3ccccc3)c(-c3ccccc3)[nH]2)C(C)C1. The quantitative estimate of drug-likeness (QED) is 0.358. The molecule has 1 aromatic heterocycles. The molecule has 2 atom stereocenters. The Labute approximate surface area is 187 Å². The number of H-pyrrole nitrogens is 1. The number of unbranched alkanes of at least 4 members (excludes halogenated alkanes) is 2. The van der Waals surface area contributed by atoms with E-state index in [0.717, 1.165) is 54.7 Å². The van der Waals surface area contributed by atoms with E-state index < -0.39 is 11.2 Å². The minimum Gasteiger partial charge on any atom is -0.609 e. The molecule has 1 aliphatic heterocycles. The maximum Gasteiger partial charge on any atom is 0.321 e. The maximum absolute atomic E-state index is 13.0. The molecule has 1 aliphatic rings. The number of imidazole rings is 1. The highest BCUT2D eigenvalue weighted by Gasteiger charge is 2.22. The highest BCUT2D eigenvalue weighted by molar-refractivity contribution is 7.91. The molecule has 162 valence electrons. The van der Waals surface area contributed by atoms with Gasteiger partial charge in [-0.2, -0.15) is 10.1 Å². The van der Waals surface area contributed by atoms with Crippen LogP contribution in [0.25, 0.3) is 22.5 Å². The normalized spacial score (nSPS) is 17.1. The number of hydrogen-bond acceptors (Lipinski definition) is 4. The zero-order chi connectivity index (χ0) is 21.6. The number of nitrogens with zero attached hydrogens (tertiary/aromatic N) is 3. The van der Waals surface area contributed by atoms with E-state index in [0.29, 0.717) is 17.0 Å². The van der Waals surface area contributed by atoms with Crippen LogP contribution in [0.2, 0.25) is 0 Å². The van der Waals surface area contributed by atoms with Crippen LogP contribution in [0, 0.1) is 0 Å². The average molecular weight is 435 g/mol. The van der Waals surface area contributed by atoms with E-state index in [2.05, 4.69) is 41.1 Å². The number of benzene rings is 2. The Morgan fingerprint density at radius 2 is 1.68 bits per heavy atom. The fourth-order valence-corrected chi connectivity index (χ4v) is 5.09. The lowest BCUT2D eigenvalue weighted by molar-refractivity contribution is 0.240. The van der Waals surface area contributed by atoms with Gasteiger partial charge in [0.25, 0.3) is 0 Å². The van der Waals surface area contributed by atoms with Crippen molar-refractivity contribution in [2.75, 3.05) is 12.3 Å². The third-order valence-corrected chi connectivity index (χ3v) is 6.91. The van der Waals surface area contributed by atoms with Crippen molar-refractivity contribution in [1.29, 1.82) is 0 Å². The van der Waals surface area contributed by atoms with E-state index in [1.54, 1.807) is 0 Å². The minimum atomic E-state index is -1.15. The fourth-order valence-electron chi connectivity index (χ4n) is 4.02. The van der Waals surface area contributed by atoms with Gasteiger partial charge in [0, 0.05) is 47.0 Å². The molecule has 6 heteroatoms. The van der Waals surface area contributed by atoms with Crippen molar-refractivity contribution in [2.45, 2.75) is 50.7 Å². The van der Waals surface area contributed by atoms with E-state index in [1.165, 1.54) is 5.71 Å². The third kappa shape index (κ3) is 5.38. The standard InChI is InChI=1S/C25H30N4OS/c1-19-18-20(2)29(28-19)16-10-5-11-17-31(30)25-26-23(21-12-6-3-7-13-21)24(27-25)22-14-8-4-9-15-22/h3-4,6-9,12-15,20H,5,10-11,16-18H2,1-2H3,(H,26,27). The van der Waals surface area contributed by atoms with Crippen LogP contribution in [-0.2, 0) is 11.2 Å². The smallest absolute Gasteiger partial charge is 0.321 e. The van der Waals surface area contributed by atoms with Crippen LogP contribution in [0.5, 0.6) is 0 Å². The molecule has 0 bridgehead atoms. The lowest BCUT2D eigenvalue weighted by Gasteiger charge is -2.19. The van der Waals surface area contributed by atoms with Gasteiger partial charge in [-0.05, 0) is 33.1 Å². The van der Waals surface area contributed by atoms with Gasteiger partial charge in [-0.25, -0.2) is 0 Å². The maximum atomic E-state index is 13.0. The summed E-state index contributed by atoms with van der Waals surface area (Å²) in [5, 5.41) is 7.35. The van der Waals surface area contributed by atoms with Crippen LogP contribution in [0.1, 0.15) is 39.5 Å². The predicted molar refractivity (Wildman–Crippen MR) is 128 cm³/mol. The summed E-state index contributed by atoms with van der Waals surface area (Å²) in [5.41, 5.74) is 5.07. The average Bonchev–Trinajstić information content (AvgIpc) is 3.38. The first-order chi connectivity index (χ1) is 15.1. The predicted octanol–water partition coefficient (Wildman–Crippen LogP) is 5.49. The molecular weight excluding hydrogens is 404 g/mol. The van der Waals surface area contributed by atoms with Gasteiger partial charge in [0.1, 0.15) is 11.4 Å². The van der Waals surface area contributed by atoms with Crippen molar-refractivity contribution in [2.24, 2.45) is 5.10 Å². The van der Waals surface area contributed by atoms with Crippen molar-refractivity contribution in [3.05, 3.63) is 60.7 Å². The van der Waals surface area contributed by atoms with E-state index in [4.69, 9.17) is 4.98 Å². The molecule has 0 amide bonds. The highest BCUT2D eigenvalue weighted by Crippen LogP contribution is 2.31. The number of aromatic amines is 1. The van der Waals surface area contributed by atoms with Crippen LogP contribution >= 0.6 is 0 Å². The van der Waals surface area contributed by atoms with Crippen molar-refractivity contribution in [3.63, 3.8) is 0 Å². The fraction of sp³-hybridized carbons (Fsp3) is 0.360. The third-order valence-electron chi connectivity index (χ3n) is 5.62. The second-order valence-electron chi connectivity index (χ2n) is 8.16. The van der Waals surface area contributed by atoms with Crippen LogP contribution in [-0.4, -0.2) is 43.6 Å². The Kier molecular flexibility index (Phi) is 7.10. The molecule has 0 radical (unpaired) electrons. The second-order valence-corrected chi connectivity index (χ2v) is 9.65. The summed E-state index contributed by atoms with van der Waals surface area (Å²) in [4.78, 5) is 8.11. The zero-order valence-electron chi connectivity index (χ0n) is 18.3. The summed E-state index contributed by atoms with van der Waals surface area (Å²) in [7, 11) is 0. The van der Waals surface area contributed by atoms with Gasteiger partial charge in [-0.15, -0.1) is 0 Å². The molecule has 2 heterocycles. The molecule has 0 fully saturated rings. The molecule has 31 heavy (non-hydrogen) atoms. The number of aromatic nitrogens is 2. The molecule has 0 saturated carbocycles. The van der Waals surface area contributed by atoms with Gasteiger partial charge in [-0.3, -0.25) is 9.99 Å². The summed E-state index contributed by atoms with van der Waals surface area (Å²) < 4.78 is 13.0. The molecule has 3 aromatic rings. The first-order valence-corrected chi connectivity index (χ1v) is 12.3. The summed E-state index contributed by atoms with van der Waals surface area (Å²) in [5.74, 6) is 0.619. The monoisotopic (exact) mass is 434 g/mol. The minimum absolute atomic E-state index is 0.505. The van der Waals surface area contributed by atoms with E-state index in [9.17, 15) is 4.55 Å². The van der Waals surface area contributed by atoms with Crippen LogP contribution in [0.4, 0.5) is 0 Å². The first kappa shape index (κ1) is 21.7. The largest absolute Gasteiger partial charge is 0.609 e. The van der Waals surface area contributed by atoms with Crippen LogP contribution in [0.15, 0.2) is 70.9 Å². The molecule has 0 saturated heterocycles. The van der Waals surface area contributed by atoms with Gasteiger partial charge in [0.2, 0.25) is 0 Å². The van der Waals surface area contributed by atoms with E-state index in [-0.39, 0.29) is 0 Å². The Balaban J connectivity index is 1.39. The van der Waals surface area contributed by atoms with E-state index >= 15 is 0 Å². The highest BCUT2D eigenvalue weighted by atomic mass is 32.2. The molecule has 1 N–H and O–H groups in total. The summed E-state index contributed by atoms with van der Waals surface area (Å²) in [6.07, 6.45) is 4.10. The van der Waals surface area contributed by atoms with Crippen LogP contribution in [0.3, 0.4) is 0 Å². The second kappa shape index (κ2) is 10.2. The Morgan fingerprint density at radius 1 is 1.00 bits per heavy atom. The summed E-state index contributed by atoms with van der Waals surface area (Å²) in [6.45, 7) is 5.29. The van der Waals surface area contributed by atoms with Gasteiger partial charge < -0.3 is 4.55 Å². The molecule has 5 nitrogen and oxygen atoms in total. The molecule has 2 aromatic carbocycles. The molecule has 4 rings (SSSR count). The Hall–Kier alpha value is -2.57. The zero-order valence-corrected chi connectivity index (χ0v) is 19.1. The molecule has 2 unspecified atom stereocenters. The molecule has 0 aliphatic carbocycles. The number of nitrogens with one attached hydrogen (secondary N) is 1. The van der Waals surface area contributed by atoms with Gasteiger partial charge >= 0.3 is 5.16 Å². The van der Waals surface area contributed by atoms with Crippen molar-refractivity contribution in [3.8, 4) is 22.5 Å². The number of hydrazone groups is 1. The van der Waals surface area contributed by atoms with Gasteiger partial charge in [0.05, 0.1) is 5.69 Å². The number of hydrogen-bond donors (Lipinski definition) is 1. The summed E-state index contributed by atoms with van der Waals surface area (Å²) >= 11 is -1.15. The Bertz CT molecular complexity index is 946. The summed E-state index contributed by atoms with van der Waals surface area (Å²) in [6, 6.07) is 20.7. The lowest BCUT2D eigenvalue weighted by Crippen LogP contribution is -2.24. The van der Waals surface area contributed by atoms with Crippen LogP contribution < -0.4 is 0 Å². The topological polar surface area (TPSA) is 67.3 Å². The van der Waals surface area contributed by atoms with Crippen molar-refractivity contribution in [1.82, 2.24) is 15.0 Å².